The van der Waals surface area contributed by atoms with Gasteiger partial charge in [-0.15, -0.1) is 0 Å². The van der Waals surface area contributed by atoms with Crippen LogP contribution >= 0.6 is 0 Å². The first-order chi connectivity index (χ1) is 8.74. The third-order valence-electron chi connectivity index (χ3n) is 7.12. The summed E-state index contributed by atoms with van der Waals surface area (Å²) in [6, 6.07) is 0. The quantitative estimate of drug-likeness (QED) is 0.490. The Hall–Kier alpha value is 0. The molecular formula is C20H42. The third-order valence-corrected chi connectivity index (χ3v) is 7.12. The van der Waals surface area contributed by atoms with Crippen LogP contribution in [0.5, 0.6) is 0 Å². The summed E-state index contributed by atoms with van der Waals surface area (Å²) in [5, 5.41) is 0. The average Bonchev–Trinajstić information content (AvgIpc) is 2.25. The van der Waals surface area contributed by atoms with Crippen molar-refractivity contribution >= 4 is 0 Å². The molecule has 0 heteroatoms. The van der Waals surface area contributed by atoms with Crippen molar-refractivity contribution in [2.24, 2.45) is 39.9 Å². The SMILES string of the molecule is CCC(C(C)C(C)(C)C)C(C)(C)C(C)(C(C)C)C(C)C. The molecule has 0 aliphatic carbocycles. The van der Waals surface area contributed by atoms with Crippen molar-refractivity contribution in [3.05, 3.63) is 0 Å². The van der Waals surface area contributed by atoms with E-state index in [0.717, 1.165) is 11.8 Å². The van der Waals surface area contributed by atoms with E-state index >= 15 is 0 Å². The first kappa shape index (κ1) is 20.0. The van der Waals surface area contributed by atoms with Crippen LogP contribution < -0.4 is 0 Å². The van der Waals surface area contributed by atoms with E-state index in [9.17, 15) is 0 Å². The van der Waals surface area contributed by atoms with Gasteiger partial charge in [-0.25, -0.2) is 0 Å². The largest absolute Gasteiger partial charge is 0.0651 e. The van der Waals surface area contributed by atoms with E-state index < -0.39 is 0 Å². The zero-order chi connectivity index (χ0) is 16.5. The summed E-state index contributed by atoms with van der Waals surface area (Å²) in [5.41, 5.74) is 1.09. The fourth-order valence-electron chi connectivity index (χ4n) is 4.65. The van der Waals surface area contributed by atoms with E-state index in [1.54, 1.807) is 0 Å². The molecule has 0 heterocycles. The molecule has 0 aromatic carbocycles. The topological polar surface area (TPSA) is 0 Å². The lowest BCUT2D eigenvalue weighted by Crippen LogP contribution is -2.50. The summed E-state index contributed by atoms with van der Waals surface area (Å²) in [4.78, 5) is 0. The maximum atomic E-state index is 2.53. The van der Waals surface area contributed by atoms with Crippen molar-refractivity contribution in [2.45, 2.75) is 89.5 Å². The molecule has 0 aromatic heterocycles. The lowest BCUT2D eigenvalue weighted by Gasteiger charge is -2.57. The molecule has 0 N–H and O–H groups in total. The van der Waals surface area contributed by atoms with Crippen LogP contribution in [0.15, 0.2) is 0 Å². The van der Waals surface area contributed by atoms with Crippen LogP contribution in [0.1, 0.15) is 89.5 Å². The Balaban J connectivity index is 5.77. The Morgan fingerprint density at radius 3 is 1.25 bits per heavy atom. The van der Waals surface area contributed by atoms with Crippen molar-refractivity contribution in [1.82, 2.24) is 0 Å². The standard InChI is InChI=1S/C20H42/c1-13-17(16(6)18(7,8)9)19(10,11)20(12,14(2)3)15(4)5/h14-17H,13H2,1-12H3. The Morgan fingerprint density at radius 1 is 0.700 bits per heavy atom. The van der Waals surface area contributed by atoms with Gasteiger partial charge in [0.15, 0.2) is 0 Å². The predicted molar refractivity (Wildman–Crippen MR) is 94.0 cm³/mol. The van der Waals surface area contributed by atoms with Gasteiger partial charge in [-0.05, 0) is 39.9 Å². The van der Waals surface area contributed by atoms with Crippen LogP contribution in [0, 0.1) is 39.9 Å². The minimum absolute atomic E-state index is 0.344. The first-order valence-electron chi connectivity index (χ1n) is 8.74. The van der Waals surface area contributed by atoms with Gasteiger partial charge in [0.25, 0.3) is 0 Å². The van der Waals surface area contributed by atoms with E-state index in [1.165, 1.54) is 6.42 Å². The second-order valence-electron chi connectivity index (χ2n) is 9.48. The van der Waals surface area contributed by atoms with E-state index in [2.05, 4.69) is 83.1 Å². The van der Waals surface area contributed by atoms with Gasteiger partial charge in [0.1, 0.15) is 0 Å². The molecule has 0 saturated heterocycles. The lowest BCUT2D eigenvalue weighted by atomic mass is 9.48. The molecule has 0 amide bonds. The molecular weight excluding hydrogens is 240 g/mol. The van der Waals surface area contributed by atoms with E-state index in [4.69, 9.17) is 0 Å². The smallest absolute Gasteiger partial charge is 0.0226 e. The minimum atomic E-state index is 0.344. The summed E-state index contributed by atoms with van der Waals surface area (Å²) in [7, 11) is 0. The summed E-state index contributed by atoms with van der Waals surface area (Å²) in [6.07, 6.45) is 1.28. The van der Waals surface area contributed by atoms with Gasteiger partial charge in [-0.3, -0.25) is 0 Å². The molecule has 0 saturated carbocycles. The average molecular weight is 283 g/mol. The number of rotatable bonds is 6. The molecule has 0 spiro atoms. The van der Waals surface area contributed by atoms with Gasteiger partial charge in [0, 0.05) is 0 Å². The maximum absolute atomic E-state index is 2.53. The third kappa shape index (κ3) is 3.42. The van der Waals surface area contributed by atoms with Gasteiger partial charge >= 0.3 is 0 Å². The molecule has 0 nitrogen and oxygen atoms in total. The molecule has 0 aliphatic heterocycles. The van der Waals surface area contributed by atoms with Crippen molar-refractivity contribution in [2.75, 3.05) is 0 Å². The first-order valence-corrected chi connectivity index (χ1v) is 8.74. The molecule has 0 aliphatic rings. The highest BCUT2D eigenvalue weighted by molar-refractivity contribution is 4.99. The highest BCUT2D eigenvalue weighted by Crippen LogP contribution is 2.58. The minimum Gasteiger partial charge on any atom is -0.0651 e. The van der Waals surface area contributed by atoms with E-state index in [1.807, 2.05) is 0 Å². The number of hydrogen-bond donors (Lipinski definition) is 0. The highest BCUT2D eigenvalue weighted by atomic mass is 14.6. The normalized spacial score (nSPS) is 17.7. The van der Waals surface area contributed by atoms with Crippen molar-refractivity contribution in [3.8, 4) is 0 Å². The summed E-state index contributed by atoms with van der Waals surface area (Å²) in [6.45, 7) is 29.3. The van der Waals surface area contributed by atoms with Gasteiger partial charge in [-0.1, -0.05) is 89.5 Å². The second kappa shape index (κ2) is 6.41. The maximum Gasteiger partial charge on any atom is -0.0226 e. The van der Waals surface area contributed by atoms with Crippen LogP contribution in [0.25, 0.3) is 0 Å². The van der Waals surface area contributed by atoms with Gasteiger partial charge < -0.3 is 0 Å². The fourth-order valence-corrected chi connectivity index (χ4v) is 4.65. The fraction of sp³-hybridized carbons (Fsp3) is 1.00. The second-order valence-corrected chi connectivity index (χ2v) is 9.48. The van der Waals surface area contributed by atoms with Gasteiger partial charge in [0.05, 0.1) is 0 Å². The van der Waals surface area contributed by atoms with Crippen LogP contribution in [0.3, 0.4) is 0 Å². The molecule has 0 fully saturated rings. The predicted octanol–water partition coefficient (Wildman–Crippen LogP) is 7.04. The molecule has 20 heavy (non-hydrogen) atoms. The van der Waals surface area contributed by atoms with Crippen LogP contribution in [0.2, 0.25) is 0 Å². The van der Waals surface area contributed by atoms with Gasteiger partial charge in [0.2, 0.25) is 0 Å². The van der Waals surface area contributed by atoms with E-state index in [0.29, 0.717) is 28.1 Å². The monoisotopic (exact) mass is 282 g/mol. The van der Waals surface area contributed by atoms with Crippen LogP contribution in [-0.4, -0.2) is 0 Å². The Bertz CT molecular complexity index is 280. The molecule has 122 valence electrons. The van der Waals surface area contributed by atoms with Crippen LogP contribution in [-0.2, 0) is 0 Å². The number of hydrogen-bond acceptors (Lipinski definition) is 0. The molecule has 2 atom stereocenters. The Kier molecular flexibility index (Phi) is 6.41. The summed E-state index contributed by atoms with van der Waals surface area (Å²) < 4.78 is 0. The molecule has 0 bridgehead atoms. The van der Waals surface area contributed by atoms with Gasteiger partial charge in [-0.2, -0.15) is 0 Å². The zero-order valence-electron chi connectivity index (χ0n) is 16.5. The zero-order valence-corrected chi connectivity index (χ0v) is 16.5. The van der Waals surface area contributed by atoms with Crippen molar-refractivity contribution in [1.29, 1.82) is 0 Å². The molecule has 0 radical (unpaired) electrons. The summed E-state index contributed by atoms with van der Waals surface area (Å²) in [5.74, 6) is 2.91. The molecule has 0 rings (SSSR count). The summed E-state index contributed by atoms with van der Waals surface area (Å²) >= 11 is 0. The lowest BCUT2D eigenvalue weighted by molar-refractivity contribution is -0.0860. The van der Waals surface area contributed by atoms with Crippen LogP contribution in [0.4, 0.5) is 0 Å². The Labute approximate surface area is 130 Å². The molecule has 0 aromatic rings. The van der Waals surface area contributed by atoms with E-state index in [-0.39, 0.29) is 0 Å². The molecule has 2 unspecified atom stereocenters. The van der Waals surface area contributed by atoms with Crippen molar-refractivity contribution in [3.63, 3.8) is 0 Å². The van der Waals surface area contributed by atoms with Crippen molar-refractivity contribution < 1.29 is 0 Å². The Morgan fingerprint density at radius 2 is 1.05 bits per heavy atom. The highest BCUT2D eigenvalue weighted by Gasteiger charge is 2.51.